The first-order valence-electron chi connectivity index (χ1n) is 9.38. The van der Waals surface area contributed by atoms with Crippen LogP contribution in [-0.2, 0) is 16.3 Å². The molecule has 0 saturated carbocycles. The van der Waals surface area contributed by atoms with Crippen molar-refractivity contribution < 1.29 is 8.60 Å². The maximum absolute atomic E-state index is 13.1. The van der Waals surface area contributed by atoms with Crippen LogP contribution in [-0.4, -0.2) is 46.0 Å². The van der Waals surface area contributed by atoms with E-state index in [-0.39, 0.29) is 29.3 Å². The zero-order valence-electron chi connectivity index (χ0n) is 17.3. The summed E-state index contributed by atoms with van der Waals surface area (Å²) >= 11 is 0. The van der Waals surface area contributed by atoms with Crippen LogP contribution >= 0.6 is 0 Å². The summed E-state index contributed by atoms with van der Waals surface area (Å²) < 4.78 is 32.2. The second-order valence-electron chi connectivity index (χ2n) is 7.04. The van der Waals surface area contributed by atoms with Gasteiger partial charge < -0.3 is 5.32 Å². The molecule has 0 spiro atoms. The molecule has 0 atom stereocenters. The Balaban J connectivity index is 1.90. The van der Waals surface area contributed by atoms with Crippen LogP contribution < -0.4 is 10.9 Å². The molecule has 0 bridgehead atoms. The minimum absolute atomic E-state index is 0.182. The van der Waals surface area contributed by atoms with Gasteiger partial charge in [-0.05, 0) is 24.3 Å². The molecule has 0 amide bonds. The fourth-order valence-electron chi connectivity index (χ4n) is 2.99. The number of hydrogen-bond acceptors (Lipinski definition) is 8. The van der Waals surface area contributed by atoms with Crippen LogP contribution in [0.3, 0.4) is 0 Å². The molecule has 12 heteroatoms. The third-order valence-electron chi connectivity index (χ3n) is 4.21. The Labute approximate surface area is 182 Å². The molecule has 0 aliphatic heterocycles. The van der Waals surface area contributed by atoms with E-state index in [1.165, 1.54) is 46.4 Å². The molecule has 1 N–H and O–H groups in total. The van der Waals surface area contributed by atoms with Crippen molar-refractivity contribution in [2.45, 2.75) is 6.54 Å². The van der Waals surface area contributed by atoms with Crippen LogP contribution in [0.1, 0.15) is 0 Å². The monoisotopic (exact) mass is 454 g/mol. The normalized spacial score (nSPS) is 11.5. The van der Waals surface area contributed by atoms with Crippen molar-refractivity contribution in [3.63, 3.8) is 0 Å². The lowest BCUT2D eigenvalue weighted by atomic mass is 10.4. The standard InChI is InChI=1S/C20H19FN8O2S/c1-4-10-28-19(30)14-12-23-20(24-13-8-9-15(21)22-11-13)26-18(14)29(28)17-7-5-6-16(25-17)27-32(2,3)31/h4-9,11-12H,1,10H2,2-3H3,(H,23,24,26). The first-order chi connectivity index (χ1) is 15.2. The van der Waals surface area contributed by atoms with Crippen molar-refractivity contribution in [3.8, 4) is 5.82 Å². The summed E-state index contributed by atoms with van der Waals surface area (Å²) in [5.41, 5.74) is 0.446. The number of fused-ring (bicyclic) bond motifs is 1. The van der Waals surface area contributed by atoms with Crippen LogP contribution in [0.5, 0.6) is 0 Å². The Kier molecular flexibility index (Phi) is 5.53. The molecular formula is C20H19FN8O2S. The van der Waals surface area contributed by atoms with E-state index in [2.05, 4.69) is 36.2 Å². The molecule has 0 aliphatic rings. The first kappa shape index (κ1) is 21.3. The summed E-state index contributed by atoms with van der Waals surface area (Å²) in [6.07, 6.45) is 7.30. The SMILES string of the molecule is C=CCn1c(=O)c2cnc(Nc3ccc(F)nc3)nc2n1-c1cccc(N=S(C)(C)=O)n1. The second-order valence-corrected chi connectivity index (χ2v) is 9.58. The fourth-order valence-corrected chi connectivity index (χ4v) is 3.55. The average Bonchev–Trinajstić information content (AvgIpc) is 3.00. The summed E-state index contributed by atoms with van der Waals surface area (Å²) in [6, 6.07) is 7.71. The Bertz CT molecular complexity index is 1490. The van der Waals surface area contributed by atoms with Gasteiger partial charge in [0, 0.05) is 28.4 Å². The van der Waals surface area contributed by atoms with E-state index in [1.54, 1.807) is 24.3 Å². The first-order valence-corrected chi connectivity index (χ1v) is 11.7. The van der Waals surface area contributed by atoms with Crippen molar-refractivity contribution in [1.82, 2.24) is 29.3 Å². The van der Waals surface area contributed by atoms with E-state index >= 15 is 0 Å². The molecule has 0 radical (unpaired) electrons. The van der Waals surface area contributed by atoms with Gasteiger partial charge in [-0.2, -0.15) is 13.7 Å². The topological polar surface area (TPSA) is 120 Å². The number of rotatable bonds is 6. The largest absolute Gasteiger partial charge is 0.323 e. The molecular weight excluding hydrogens is 435 g/mol. The molecule has 164 valence electrons. The molecule has 0 saturated heterocycles. The number of hydrogen-bond donors (Lipinski definition) is 1. The number of halogens is 1. The van der Waals surface area contributed by atoms with Gasteiger partial charge in [0.25, 0.3) is 5.56 Å². The molecule has 0 unspecified atom stereocenters. The molecule has 0 fully saturated rings. The Hall–Kier alpha value is -3.93. The van der Waals surface area contributed by atoms with Crippen molar-refractivity contribution in [2.75, 3.05) is 17.8 Å². The van der Waals surface area contributed by atoms with Crippen LogP contribution in [0.4, 0.5) is 21.8 Å². The van der Waals surface area contributed by atoms with Gasteiger partial charge in [-0.25, -0.2) is 28.5 Å². The minimum Gasteiger partial charge on any atom is -0.323 e. The summed E-state index contributed by atoms with van der Waals surface area (Å²) in [5.74, 6) is 0.196. The summed E-state index contributed by atoms with van der Waals surface area (Å²) in [4.78, 5) is 29.7. The lowest BCUT2D eigenvalue weighted by Gasteiger charge is -2.11. The van der Waals surface area contributed by atoms with E-state index in [9.17, 15) is 13.4 Å². The van der Waals surface area contributed by atoms with Crippen LogP contribution in [0.2, 0.25) is 0 Å². The predicted molar refractivity (Wildman–Crippen MR) is 121 cm³/mol. The fraction of sp³-hybridized carbons (Fsp3) is 0.150. The summed E-state index contributed by atoms with van der Waals surface area (Å²) in [7, 11) is -2.43. The van der Waals surface area contributed by atoms with Crippen molar-refractivity contribution in [2.24, 2.45) is 4.36 Å². The molecule has 10 nitrogen and oxygen atoms in total. The highest BCUT2D eigenvalue weighted by atomic mass is 32.2. The zero-order chi connectivity index (χ0) is 22.9. The number of aromatic nitrogens is 6. The van der Waals surface area contributed by atoms with Crippen LogP contribution in [0.25, 0.3) is 16.9 Å². The molecule has 4 heterocycles. The molecule has 4 rings (SSSR count). The van der Waals surface area contributed by atoms with Gasteiger partial charge in [-0.3, -0.25) is 4.79 Å². The Morgan fingerprint density at radius 1 is 1.19 bits per heavy atom. The maximum Gasteiger partial charge on any atom is 0.278 e. The summed E-state index contributed by atoms with van der Waals surface area (Å²) in [6.45, 7) is 3.91. The van der Waals surface area contributed by atoms with Crippen LogP contribution in [0.15, 0.2) is 64.5 Å². The van der Waals surface area contributed by atoms with E-state index < -0.39 is 15.7 Å². The van der Waals surface area contributed by atoms with E-state index in [4.69, 9.17) is 0 Å². The van der Waals surface area contributed by atoms with Gasteiger partial charge in [0.05, 0.1) is 18.4 Å². The minimum atomic E-state index is -2.43. The third kappa shape index (κ3) is 4.39. The second kappa shape index (κ2) is 8.30. The molecule has 0 aliphatic carbocycles. The van der Waals surface area contributed by atoms with E-state index in [0.29, 0.717) is 17.2 Å². The molecule has 0 aromatic carbocycles. The van der Waals surface area contributed by atoms with Gasteiger partial charge in [0.2, 0.25) is 11.9 Å². The molecule has 4 aromatic rings. The lowest BCUT2D eigenvalue weighted by Crippen LogP contribution is -2.22. The Morgan fingerprint density at radius 3 is 2.69 bits per heavy atom. The van der Waals surface area contributed by atoms with Crippen LogP contribution in [0, 0.1) is 5.95 Å². The highest BCUT2D eigenvalue weighted by molar-refractivity contribution is 7.92. The molecule has 4 aromatic heterocycles. The van der Waals surface area contributed by atoms with Gasteiger partial charge >= 0.3 is 0 Å². The van der Waals surface area contributed by atoms with E-state index in [0.717, 1.165) is 0 Å². The van der Waals surface area contributed by atoms with Gasteiger partial charge in [0.1, 0.15) is 5.39 Å². The zero-order valence-corrected chi connectivity index (χ0v) is 18.1. The van der Waals surface area contributed by atoms with Gasteiger partial charge in [-0.15, -0.1) is 6.58 Å². The number of nitrogens with zero attached hydrogens (tertiary/aromatic N) is 7. The third-order valence-corrected chi connectivity index (χ3v) is 4.84. The number of anilines is 2. The van der Waals surface area contributed by atoms with Crippen molar-refractivity contribution in [1.29, 1.82) is 0 Å². The quantitative estimate of drug-likeness (QED) is 0.351. The van der Waals surface area contributed by atoms with Gasteiger partial charge in [0.15, 0.2) is 17.3 Å². The molecule has 32 heavy (non-hydrogen) atoms. The van der Waals surface area contributed by atoms with Gasteiger partial charge in [-0.1, -0.05) is 12.1 Å². The van der Waals surface area contributed by atoms with E-state index in [1.807, 2.05) is 0 Å². The number of pyridine rings is 2. The number of nitrogens with one attached hydrogen (secondary N) is 1. The highest BCUT2D eigenvalue weighted by Crippen LogP contribution is 2.20. The Morgan fingerprint density at radius 2 is 2.00 bits per heavy atom. The summed E-state index contributed by atoms with van der Waals surface area (Å²) in [5, 5.41) is 3.20. The number of allylic oxidation sites excluding steroid dienone is 1. The van der Waals surface area contributed by atoms with Crippen molar-refractivity contribution >= 4 is 38.2 Å². The maximum atomic E-state index is 13.1. The smallest absolute Gasteiger partial charge is 0.278 e. The average molecular weight is 454 g/mol. The van der Waals surface area contributed by atoms with Crippen molar-refractivity contribution in [3.05, 3.63) is 71.7 Å². The predicted octanol–water partition coefficient (Wildman–Crippen LogP) is 2.80. The lowest BCUT2D eigenvalue weighted by molar-refractivity contribution is 0.584. The highest BCUT2D eigenvalue weighted by Gasteiger charge is 2.18.